The number of aromatic nitrogens is 10. The number of fused-ring (bicyclic) bond motifs is 4. The van der Waals surface area contributed by atoms with Crippen LogP contribution in [0.15, 0.2) is 24.8 Å². The first-order valence-electron chi connectivity index (χ1n) is 22.3. The van der Waals surface area contributed by atoms with Crippen molar-refractivity contribution >= 4 is 42.2 Å². The van der Waals surface area contributed by atoms with Crippen molar-refractivity contribution in [1.82, 2.24) is 59.7 Å². The fourth-order valence-corrected chi connectivity index (χ4v) is 9.03. The Morgan fingerprint density at radius 1 is 0.726 bits per heavy atom. The molecule has 8 rings (SSSR count). The van der Waals surface area contributed by atoms with Crippen LogP contribution in [-0.2, 0) is 51.2 Å². The van der Waals surface area contributed by atoms with Crippen LogP contribution in [0.2, 0.25) is 25.7 Å². The summed E-state index contributed by atoms with van der Waals surface area (Å²) >= 11 is 0. The number of rotatable bonds is 9. The van der Waals surface area contributed by atoms with E-state index in [0.717, 1.165) is 60.9 Å². The van der Waals surface area contributed by atoms with Gasteiger partial charge in [-0.25, -0.2) is 19.9 Å². The number of carbonyl (C=O) groups is 2. The van der Waals surface area contributed by atoms with Crippen LogP contribution in [0.5, 0.6) is 0 Å². The number of hydrogen-bond donors (Lipinski definition) is 3. The Hall–Kier alpha value is -5.22. The molecule has 0 radical (unpaired) electrons. The molecule has 332 valence electrons. The summed E-state index contributed by atoms with van der Waals surface area (Å²) in [4.78, 5) is 47.9. The van der Waals surface area contributed by atoms with Crippen LogP contribution >= 0.6 is 0 Å². The smallest absolute Gasteiger partial charge is 0.255 e. The van der Waals surface area contributed by atoms with Crippen molar-refractivity contribution in [2.45, 2.75) is 149 Å². The molecule has 2 aliphatic carbocycles. The van der Waals surface area contributed by atoms with Gasteiger partial charge in [-0.3, -0.25) is 19.0 Å². The largest absolute Gasteiger partial charge is 0.361 e. The number of H-pyrrole nitrogens is 1. The van der Waals surface area contributed by atoms with Gasteiger partial charge in [-0.1, -0.05) is 32.5 Å². The maximum Gasteiger partial charge on any atom is 0.255 e. The van der Waals surface area contributed by atoms with E-state index in [2.05, 4.69) is 40.2 Å². The van der Waals surface area contributed by atoms with Crippen LogP contribution in [0.25, 0.3) is 45.1 Å². The first kappa shape index (κ1) is 44.8. The Morgan fingerprint density at radius 2 is 1.24 bits per heavy atom. The highest BCUT2D eigenvalue weighted by atomic mass is 28.3. The summed E-state index contributed by atoms with van der Waals surface area (Å²) in [6.07, 6.45) is 18.3. The third kappa shape index (κ3) is 10.3. The van der Waals surface area contributed by atoms with Gasteiger partial charge < -0.3 is 24.9 Å². The fraction of sp³-hybridized carbons (Fsp3) is 0.565. The number of nitrogens with one attached hydrogen (secondary N) is 3. The molecule has 2 amide bonds. The molecule has 0 bridgehead atoms. The molecular formula is C46H66N12O3Si. The Bertz CT molecular complexity index is 2580. The monoisotopic (exact) mass is 863 g/mol. The molecule has 0 fully saturated rings. The molecule has 6 heterocycles. The zero-order chi connectivity index (χ0) is 44.6. The Labute approximate surface area is 366 Å². The van der Waals surface area contributed by atoms with Gasteiger partial charge in [0.2, 0.25) is 0 Å². The van der Waals surface area contributed by atoms with Gasteiger partial charge in [0.15, 0.2) is 11.3 Å². The molecule has 0 saturated carbocycles. The zero-order valence-corrected chi connectivity index (χ0v) is 39.8. The number of ether oxygens (including phenoxy) is 1. The van der Waals surface area contributed by atoms with Gasteiger partial charge in [0.1, 0.15) is 40.5 Å². The van der Waals surface area contributed by atoms with Crippen LogP contribution in [0, 0.1) is 0 Å². The normalized spacial score (nSPS) is 14.8. The molecule has 6 aromatic rings. The molecule has 0 saturated heterocycles. The lowest BCUT2D eigenvalue weighted by Gasteiger charge is -2.20. The fourth-order valence-electron chi connectivity index (χ4n) is 8.28. The van der Waals surface area contributed by atoms with Gasteiger partial charge in [0, 0.05) is 74.8 Å². The van der Waals surface area contributed by atoms with Crippen molar-refractivity contribution in [3.8, 4) is 22.8 Å². The molecule has 15 nitrogen and oxygen atoms in total. The van der Waals surface area contributed by atoms with Crippen molar-refractivity contribution < 1.29 is 14.3 Å². The van der Waals surface area contributed by atoms with E-state index in [9.17, 15) is 9.59 Å². The van der Waals surface area contributed by atoms with Crippen LogP contribution in [0.3, 0.4) is 0 Å². The van der Waals surface area contributed by atoms with E-state index in [-0.39, 0.29) is 22.9 Å². The Kier molecular flexibility index (Phi) is 12.9. The van der Waals surface area contributed by atoms with Crippen molar-refractivity contribution in [2.75, 3.05) is 6.61 Å². The van der Waals surface area contributed by atoms with Crippen molar-refractivity contribution in [3.05, 3.63) is 58.4 Å². The van der Waals surface area contributed by atoms with Crippen molar-refractivity contribution in [3.63, 3.8) is 0 Å². The summed E-state index contributed by atoms with van der Waals surface area (Å²) in [5.74, 6) is -0.310. The highest BCUT2D eigenvalue weighted by Gasteiger charge is 2.27. The topological polar surface area (TPSA) is 175 Å². The van der Waals surface area contributed by atoms with Gasteiger partial charge in [0.05, 0.1) is 23.5 Å². The number of amides is 2. The lowest BCUT2D eigenvalue weighted by atomic mass is 10.1. The summed E-state index contributed by atoms with van der Waals surface area (Å²) in [5.41, 5.74) is 11.2. The van der Waals surface area contributed by atoms with E-state index >= 15 is 0 Å². The predicted octanol–water partition coefficient (Wildman–Crippen LogP) is 8.10. The maximum atomic E-state index is 13.2. The Morgan fingerprint density at radius 3 is 1.79 bits per heavy atom. The predicted molar refractivity (Wildman–Crippen MR) is 247 cm³/mol. The van der Waals surface area contributed by atoms with E-state index in [1.165, 1.54) is 54.6 Å². The van der Waals surface area contributed by atoms with Gasteiger partial charge in [-0.15, -0.1) is 0 Å². The number of aryl methyl sites for hydroxylation is 2. The first-order chi connectivity index (χ1) is 29.3. The highest BCUT2D eigenvalue weighted by Crippen LogP contribution is 2.32. The highest BCUT2D eigenvalue weighted by molar-refractivity contribution is 6.76. The molecule has 0 aromatic carbocycles. The summed E-state index contributed by atoms with van der Waals surface area (Å²) in [5, 5.41) is 15.6. The van der Waals surface area contributed by atoms with Gasteiger partial charge in [-0.2, -0.15) is 10.2 Å². The second kappa shape index (κ2) is 17.9. The summed E-state index contributed by atoms with van der Waals surface area (Å²) < 4.78 is 11.9. The SMILES string of the molecule is Cn1nc(-c2cnc3[nH]cc(C(=O)NC(C)(C)C)c3n2)c2c1CCCCC2.Cn1nc(-c2cnc3c(n2)c(C(=O)NC(C)(C)C)cn3COCC[Si](C)(C)C)c2c1CCCCC2. The quantitative estimate of drug-likeness (QED) is 0.0737. The minimum absolute atomic E-state index is 0.153. The average Bonchev–Trinajstić information content (AvgIpc) is 3.82. The molecule has 0 aliphatic heterocycles. The lowest BCUT2D eigenvalue weighted by Crippen LogP contribution is -2.40. The minimum atomic E-state index is -1.18. The number of nitrogens with zero attached hydrogens (tertiary/aromatic N) is 9. The van der Waals surface area contributed by atoms with E-state index in [0.29, 0.717) is 46.8 Å². The third-order valence-corrected chi connectivity index (χ3v) is 13.1. The van der Waals surface area contributed by atoms with E-state index in [4.69, 9.17) is 29.9 Å². The molecule has 2 aliphatic rings. The summed E-state index contributed by atoms with van der Waals surface area (Å²) in [7, 11) is 2.83. The third-order valence-electron chi connectivity index (χ3n) is 11.4. The van der Waals surface area contributed by atoms with Crippen LogP contribution in [-0.4, -0.2) is 86.6 Å². The van der Waals surface area contributed by atoms with Crippen LogP contribution in [0.1, 0.15) is 123 Å². The zero-order valence-electron chi connectivity index (χ0n) is 38.8. The van der Waals surface area contributed by atoms with E-state index in [1.54, 1.807) is 18.6 Å². The van der Waals surface area contributed by atoms with E-state index < -0.39 is 8.07 Å². The summed E-state index contributed by atoms with van der Waals surface area (Å²) in [6, 6.07) is 1.09. The standard InChI is InChI=1S/C26H40N6O2Si.C20H26N6O/c1-26(2,3)29-25(33)19-16-32(17-34-13-14-35(5,6)7)24-23(19)28-20(15-27-24)22-18-11-9-8-10-12-21(18)31(4)30-22;1-20(2,3)24-19(27)13-10-21-18-17(13)23-14(11-22-18)16-12-8-6-5-7-9-15(12)26(4)25-16/h15-16H,8-14,17H2,1-7H3,(H,29,33);10-11H,5-9H2,1-4H3,(H,21,22)(H,24,27). The van der Waals surface area contributed by atoms with Crippen LogP contribution in [0.4, 0.5) is 0 Å². The molecule has 0 atom stereocenters. The molecule has 62 heavy (non-hydrogen) atoms. The number of carbonyl (C=O) groups excluding carboxylic acids is 2. The number of aromatic amines is 1. The van der Waals surface area contributed by atoms with Crippen molar-refractivity contribution in [1.29, 1.82) is 0 Å². The maximum absolute atomic E-state index is 13.2. The average molecular weight is 863 g/mol. The summed E-state index contributed by atoms with van der Waals surface area (Å²) in [6.45, 7) is 19.9. The van der Waals surface area contributed by atoms with Crippen molar-refractivity contribution in [2.24, 2.45) is 14.1 Å². The molecule has 16 heteroatoms. The molecule has 3 N–H and O–H groups in total. The van der Waals surface area contributed by atoms with Gasteiger partial charge in [-0.05, 0) is 99.0 Å². The van der Waals surface area contributed by atoms with Gasteiger partial charge >= 0.3 is 0 Å². The van der Waals surface area contributed by atoms with E-state index in [1.807, 2.05) is 75.8 Å². The van der Waals surface area contributed by atoms with Crippen LogP contribution < -0.4 is 10.6 Å². The lowest BCUT2D eigenvalue weighted by molar-refractivity contribution is 0.0884. The minimum Gasteiger partial charge on any atom is -0.361 e. The molecule has 6 aromatic heterocycles. The first-order valence-corrected chi connectivity index (χ1v) is 26.0. The molecule has 0 unspecified atom stereocenters. The molecule has 0 spiro atoms. The second-order valence-electron chi connectivity index (χ2n) is 20.3. The Balaban J connectivity index is 0.000000192. The number of hydrogen-bond acceptors (Lipinski definition) is 9. The molecular weight excluding hydrogens is 797 g/mol. The second-order valence-corrected chi connectivity index (χ2v) is 25.9. The van der Waals surface area contributed by atoms with Gasteiger partial charge in [0.25, 0.3) is 11.8 Å².